The Kier molecular flexibility index (Phi) is 4.61. The van der Waals surface area contributed by atoms with Crippen LogP contribution in [-0.2, 0) is 11.3 Å². The number of carbonyl (C=O) groups excluding carboxylic acids is 1. The molecule has 5 nitrogen and oxygen atoms in total. The fourth-order valence-corrected chi connectivity index (χ4v) is 2.09. The molecule has 0 aliphatic rings. The summed E-state index contributed by atoms with van der Waals surface area (Å²) in [5, 5.41) is 11.5. The van der Waals surface area contributed by atoms with Crippen LogP contribution in [0.4, 0.5) is 0 Å². The number of nitrogens with one attached hydrogen (secondary N) is 1. The van der Waals surface area contributed by atoms with E-state index in [1.54, 1.807) is 0 Å². The normalized spacial score (nSPS) is 10.3. The number of amides is 1. The smallest absolute Gasteiger partial charge is 0.230 e. The van der Waals surface area contributed by atoms with Gasteiger partial charge in [0.2, 0.25) is 5.91 Å². The third kappa shape index (κ3) is 3.23. The van der Waals surface area contributed by atoms with Crippen molar-refractivity contribution in [2.45, 2.75) is 32.5 Å². The van der Waals surface area contributed by atoms with E-state index in [9.17, 15) is 4.79 Å². The number of nitrogens with zero attached hydrogens (tertiary/aromatic N) is 3. The molecule has 0 radical (unpaired) electrons. The quantitative estimate of drug-likeness (QED) is 0.758. The maximum absolute atomic E-state index is 11.2. The van der Waals surface area contributed by atoms with E-state index in [2.05, 4.69) is 15.5 Å². The third-order valence-electron chi connectivity index (χ3n) is 1.92. The molecule has 1 amide bonds. The molecule has 6 heteroatoms. The summed E-state index contributed by atoms with van der Waals surface area (Å²) in [6, 6.07) is 0. The number of carbonyl (C=O) groups is 1. The second kappa shape index (κ2) is 5.75. The lowest BCUT2D eigenvalue weighted by atomic mass is 10.6. The van der Waals surface area contributed by atoms with Crippen molar-refractivity contribution >= 4 is 17.7 Å². The van der Waals surface area contributed by atoms with Crippen molar-refractivity contribution in [3.63, 3.8) is 0 Å². The molecule has 1 aromatic heterocycles. The van der Waals surface area contributed by atoms with Crippen molar-refractivity contribution in [2.75, 3.05) is 12.3 Å². The summed E-state index contributed by atoms with van der Waals surface area (Å²) in [6.07, 6.45) is 0. The van der Waals surface area contributed by atoms with Gasteiger partial charge in [-0.2, -0.15) is 0 Å². The molecular formula is C9H16N4OS. The van der Waals surface area contributed by atoms with Gasteiger partial charge >= 0.3 is 0 Å². The molecule has 0 atom stereocenters. The van der Waals surface area contributed by atoms with Crippen LogP contribution in [0, 0.1) is 6.92 Å². The van der Waals surface area contributed by atoms with E-state index >= 15 is 0 Å². The van der Waals surface area contributed by atoms with Gasteiger partial charge in [0.05, 0.1) is 5.75 Å². The Morgan fingerprint density at radius 3 is 2.80 bits per heavy atom. The van der Waals surface area contributed by atoms with Crippen LogP contribution < -0.4 is 5.32 Å². The van der Waals surface area contributed by atoms with Gasteiger partial charge < -0.3 is 9.88 Å². The molecule has 1 aromatic rings. The van der Waals surface area contributed by atoms with Crippen LogP contribution >= 0.6 is 11.8 Å². The minimum Gasteiger partial charge on any atom is -0.356 e. The van der Waals surface area contributed by atoms with Gasteiger partial charge in [-0.3, -0.25) is 4.79 Å². The Morgan fingerprint density at radius 2 is 2.20 bits per heavy atom. The Labute approximate surface area is 93.6 Å². The molecule has 0 aliphatic carbocycles. The highest BCUT2D eigenvalue weighted by molar-refractivity contribution is 7.99. The van der Waals surface area contributed by atoms with E-state index in [-0.39, 0.29) is 5.91 Å². The number of aromatic nitrogens is 3. The van der Waals surface area contributed by atoms with Crippen molar-refractivity contribution in [3.05, 3.63) is 5.82 Å². The van der Waals surface area contributed by atoms with E-state index < -0.39 is 0 Å². The molecule has 0 saturated heterocycles. The summed E-state index contributed by atoms with van der Waals surface area (Å²) in [5.41, 5.74) is 0. The molecular weight excluding hydrogens is 212 g/mol. The van der Waals surface area contributed by atoms with Crippen molar-refractivity contribution in [1.82, 2.24) is 20.1 Å². The first-order valence-electron chi connectivity index (χ1n) is 4.98. The largest absolute Gasteiger partial charge is 0.356 e. The van der Waals surface area contributed by atoms with Gasteiger partial charge in [-0.1, -0.05) is 11.8 Å². The molecule has 1 N–H and O–H groups in total. The molecule has 0 saturated carbocycles. The van der Waals surface area contributed by atoms with Gasteiger partial charge in [0, 0.05) is 13.1 Å². The Morgan fingerprint density at radius 1 is 1.47 bits per heavy atom. The minimum atomic E-state index is 0.0332. The lowest BCUT2D eigenvalue weighted by molar-refractivity contribution is -0.118. The predicted molar refractivity (Wildman–Crippen MR) is 59.8 cm³/mol. The highest BCUT2D eigenvalue weighted by Gasteiger charge is 2.09. The zero-order valence-corrected chi connectivity index (χ0v) is 10.1. The molecule has 15 heavy (non-hydrogen) atoms. The van der Waals surface area contributed by atoms with Crippen LogP contribution in [-0.4, -0.2) is 33.0 Å². The van der Waals surface area contributed by atoms with Crippen molar-refractivity contribution in [3.8, 4) is 0 Å². The van der Waals surface area contributed by atoms with Crippen LogP contribution in [0.1, 0.15) is 19.7 Å². The number of rotatable bonds is 5. The summed E-state index contributed by atoms with van der Waals surface area (Å²) >= 11 is 1.42. The third-order valence-corrected chi connectivity index (χ3v) is 2.89. The number of hydrogen-bond donors (Lipinski definition) is 1. The van der Waals surface area contributed by atoms with Crippen molar-refractivity contribution in [2.24, 2.45) is 0 Å². The summed E-state index contributed by atoms with van der Waals surface area (Å²) < 4.78 is 1.99. The fourth-order valence-electron chi connectivity index (χ4n) is 1.21. The summed E-state index contributed by atoms with van der Waals surface area (Å²) in [6.45, 7) is 7.34. The van der Waals surface area contributed by atoms with Crippen LogP contribution in [0.2, 0.25) is 0 Å². The second-order valence-electron chi connectivity index (χ2n) is 3.02. The first kappa shape index (κ1) is 12.0. The molecule has 1 rings (SSSR count). The number of hydrogen-bond acceptors (Lipinski definition) is 4. The SMILES string of the molecule is CCNC(=O)CSc1nnc(C)n1CC. The monoisotopic (exact) mass is 228 g/mol. The number of thioether (sulfide) groups is 1. The van der Waals surface area contributed by atoms with E-state index in [0.717, 1.165) is 17.5 Å². The van der Waals surface area contributed by atoms with E-state index in [1.165, 1.54) is 11.8 Å². The summed E-state index contributed by atoms with van der Waals surface area (Å²) in [5.74, 6) is 1.31. The number of aryl methyl sites for hydroxylation is 1. The Bertz CT molecular complexity index is 337. The molecule has 0 fully saturated rings. The second-order valence-corrected chi connectivity index (χ2v) is 3.96. The maximum atomic E-state index is 11.2. The van der Waals surface area contributed by atoms with E-state index in [0.29, 0.717) is 12.3 Å². The zero-order valence-electron chi connectivity index (χ0n) is 9.28. The topological polar surface area (TPSA) is 59.8 Å². The fraction of sp³-hybridized carbons (Fsp3) is 0.667. The predicted octanol–water partition coefficient (Wildman–Crippen LogP) is 0.835. The highest BCUT2D eigenvalue weighted by Crippen LogP contribution is 2.15. The van der Waals surface area contributed by atoms with Gasteiger partial charge in [-0.25, -0.2) is 0 Å². The van der Waals surface area contributed by atoms with Crippen LogP contribution in [0.3, 0.4) is 0 Å². The lowest BCUT2D eigenvalue weighted by Gasteiger charge is -2.04. The first-order valence-corrected chi connectivity index (χ1v) is 5.96. The summed E-state index contributed by atoms with van der Waals surface area (Å²) in [4.78, 5) is 11.2. The van der Waals surface area contributed by atoms with Gasteiger partial charge in [0.25, 0.3) is 0 Å². The highest BCUT2D eigenvalue weighted by atomic mass is 32.2. The Balaban J connectivity index is 2.53. The molecule has 1 heterocycles. The Hall–Kier alpha value is -1.04. The molecule has 0 aromatic carbocycles. The average Bonchev–Trinajstić information content (AvgIpc) is 2.56. The van der Waals surface area contributed by atoms with Gasteiger partial charge in [0.15, 0.2) is 5.16 Å². The lowest BCUT2D eigenvalue weighted by Crippen LogP contribution is -2.24. The van der Waals surface area contributed by atoms with Crippen molar-refractivity contribution < 1.29 is 4.79 Å². The van der Waals surface area contributed by atoms with Gasteiger partial charge in [-0.15, -0.1) is 10.2 Å². The van der Waals surface area contributed by atoms with Crippen LogP contribution in [0.5, 0.6) is 0 Å². The molecule has 0 spiro atoms. The zero-order chi connectivity index (χ0) is 11.3. The molecule has 84 valence electrons. The summed E-state index contributed by atoms with van der Waals surface area (Å²) in [7, 11) is 0. The standard InChI is InChI=1S/C9H16N4OS/c1-4-10-8(14)6-15-9-12-11-7(3)13(9)5-2/h4-6H2,1-3H3,(H,10,14). The van der Waals surface area contributed by atoms with Crippen LogP contribution in [0.25, 0.3) is 0 Å². The first-order chi connectivity index (χ1) is 7.19. The van der Waals surface area contributed by atoms with Gasteiger partial charge in [-0.05, 0) is 20.8 Å². The van der Waals surface area contributed by atoms with E-state index in [1.807, 2.05) is 25.3 Å². The van der Waals surface area contributed by atoms with E-state index in [4.69, 9.17) is 0 Å². The maximum Gasteiger partial charge on any atom is 0.230 e. The molecule has 0 bridgehead atoms. The minimum absolute atomic E-state index is 0.0332. The van der Waals surface area contributed by atoms with Crippen molar-refractivity contribution in [1.29, 1.82) is 0 Å². The van der Waals surface area contributed by atoms with Crippen LogP contribution in [0.15, 0.2) is 5.16 Å². The average molecular weight is 228 g/mol. The molecule has 0 unspecified atom stereocenters. The molecule has 0 aliphatic heterocycles. The van der Waals surface area contributed by atoms with Gasteiger partial charge in [0.1, 0.15) is 5.82 Å².